The van der Waals surface area contributed by atoms with Crippen LogP contribution in [0.2, 0.25) is 0 Å². The summed E-state index contributed by atoms with van der Waals surface area (Å²) in [5.74, 6) is -4.44. The number of carbonyl (C=O) groups excluding carboxylic acids is 1. The highest BCUT2D eigenvalue weighted by Gasteiger charge is 2.16. The number of aryl methyl sites for hydroxylation is 1. The molecular formula is C17H12F3N3O2. The van der Waals surface area contributed by atoms with Crippen molar-refractivity contribution >= 4 is 11.6 Å². The van der Waals surface area contributed by atoms with Gasteiger partial charge in [-0.3, -0.25) is 4.79 Å². The summed E-state index contributed by atoms with van der Waals surface area (Å²) < 4.78 is 44.9. The predicted octanol–water partition coefficient (Wildman–Crippen LogP) is 3.73. The Kier molecular flexibility index (Phi) is 4.78. The van der Waals surface area contributed by atoms with E-state index in [1.807, 2.05) is 18.2 Å². The van der Waals surface area contributed by atoms with Crippen molar-refractivity contribution in [2.24, 2.45) is 0 Å². The molecule has 128 valence electrons. The molecule has 0 unspecified atom stereocenters. The summed E-state index contributed by atoms with van der Waals surface area (Å²) in [5, 5.41) is 9.90. The van der Waals surface area contributed by atoms with Gasteiger partial charge in [-0.05, 0) is 24.3 Å². The van der Waals surface area contributed by atoms with Crippen molar-refractivity contribution < 1.29 is 22.4 Å². The lowest BCUT2D eigenvalue weighted by atomic mass is 10.2. The van der Waals surface area contributed by atoms with Gasteiger partial charge >= 0.3 is 0 Å². The highest BCUT2D eigenvalue weighted by atomic mass is 19.2. The molecule has 25 heavy (non-hydrogen) atoms. The number of anilines is 1. The SMILES string of the molecule is O=C(CCc1nnc(-c2ccccc2)o1)Nc1ccc(F)c(F)c1F. The van der Waals surface area contributed by atoms with Crippen molar-refractivity contribution in [3.63, 3.8) is 0 Å². The van der Waals surface area contributed by atoms with Crippen molar-refractivity contribution in [3.05, 3.63) is 65.8 Å². The van der Waals surface area contributed by atoms with Crippen LogP contribution in [0.15, 0.2) is 46.9 Å². The average molecular weight is 347 g/mol. The lowest BCUT2D eigenvalue weighted by Gasteiger charge is -2.06. The number of amides is 1. The second-order valence-corrected chi connectivity index (χ2v) is 5.14. The maximum atomic E-state index is 13.5. The first kappa shape index (κ1) is 16.7. The van der Waals surface area contributed by atoms with Gasteiger partial charge in [0.05, 0.1) is 5.69 Å². The molecule has 0 saturated carbocycles. The number of carbonyl (C=O) groups is 1. The maximum Gasteiger partial charge on any atom is 0.247 e. The summed E-state index contributed by atoms with van der Waals surface area (Å²) in [5.41, 5.74) is 0.314. The molecule has 0 radical (unpaired) electrons. The first-order valence-electron chi connectivity index (χ1n) is 7.36. The first-order valence-corrected chi connectivity index (χ1v) is 7.36. The van der Waals surface area contributed by atoms with E-state index in [-0.39, 0.29) is 18.7 Å². The quantitative estimate of drug-likeness (QED) is 0.714. The Balaban J connectivity index is 1.60. The fourth-order valence-corrected chi connectivity index (χ4v) is 2.11. The van der Waals surface area contributed by atoms with Gasteiger partial charge in [-0.15, -0.1) is 10.2 Å². The molecule has 3 aromatic rings. The molecule has 5 nitrogen and oxygen atoms in total. The Bertz CT molecular complexity index is 897. The number of benzene rings is 2. The Labute approximate surface area is 140 Å². The van der Waals surface area contributed by atoms with Crippen molar-refractivity contribution in [3.8, 4) is 11.5 Å². The van der Waals surface area contributed by atoms with E-state index in [0.29, 0.717) is 5.89 Å². The van der Waals surface area contributed by atoms with Gasteiger partial charge in [-0.25, -0.2) is 13.2 Å². The van der Waals surface area contributed by atoms with E-state index in [1.54, 1.807) is 12.1 Å². The Morgan fingerprint density at radius 3 is 2.52 bits per heavy atom. The first-order chi connectivity index (χ1) is 12.0. The standard InChI is InChI=1S/C17H12F3N3O2/c18-11-6-7-12(16(20)15(11)19)21-13(24)8-9-14-22-23-17(25-14)10-4-2-1-3-5-10/h1-7H,8-9H2,(H,21,24). The Hall–Kier alpha value is -3.16. The third-order valence-electron chi connectivity index (χ3n) is 3.36. The van der Waals surface area contributed by atoms with Crippen LogP contribution in [-0.2, 0) is 11.2 Å². The van der Waals surface area contributed by atoms with Gasteiger partial charge < -0.3 is 9.73 Å². The van der Waals surface area contributed by atoms with Gasteiger partial charge in [0.1, 0.15) is 0 Å². The number of aromatic nitrogens is 2. The molecule has 0 aliphatic carbocycles. The summed E-state index contributed by atoms with van der Waals surface area (Å²) in [4.78, 5) is 11.8. The van der Waals surface area contributed by atoms with Gasteiger partial charge in [-0.1, -0.05) is 18.2 Å². The van der Waals surface area contributed by atoms with E-state index in [0.717, 1.165) is 17.7 Å². The number of halogens is 3. The number of hydrogen-bond donors (Lipinski definition) is 1. The molecule has 0 fully saturated rings. The molecule has 0 aliphatic heterocycles. The smallest absolute Gasteiger partial charge is 0.247 e. The second kappa shape index (κ2) is 7.16. The van der Waals surface area contributed by atoms with Crippen molar-refractivity contribution in [1.29, 1.82) is 0 Å². The zero-order chi connectivity index (χ0) is 17.8. The van der Waals surface area contributed by atoms with Crippen LogP contribution in [0.5, 0.6) is 0 Å². The largest absolute Gasteiger partial charge is 0.421 e. The zero-order valence-corrected chi connectivity index (χ0v) is 12.8. The van der Waals surface area contributed by atoms with Crippen LogP contribution in [0.3, 0.4) is 0 Å². The topological polar surface area (TPSA) is 68.0 Å². The number of rotatable bonds is 5. The minimum Gasteiger partial charge on any atom is -0.421 e. The van der Waals surface area contributed by atoms with Crippen LogP contribution < -0.4 is 5.32 Å². The van der Waals surface area contributed by atoms with E-state index in [2.05, 4.69) is 15.5 Å². The lowest BCUT2D eigenvalue weighted by molar-refractivity contribution is -0.116. The van der Waals surface area contributed by atoms with Crippen LogP contribution in [0.25, 0.3) is 11.5 Å². The number of nitrogens with one attached hydrogen (secondary N) is 1. The third kappa shape index (κ3) is 3.85. The molecule has 0 saturated heterocycles. The van der Waals surface area contributed by atoms with Crippen molar-refractivity contribution in [2.75, 3.05) is 5.32 Å². The van der Waals surface area contributed by atoms with Gasteiger partial charge in [0, 0.05) is 18.4 Å². The monoisotopic (exact) mass is 347 g/mol. The summed E-state index contributed by atoms with van der Waals surface area (Å²) in [6.07, 6.45) is 0.0336. The van der Waals surface area contributed by atoms with Gasteiger partial charge in [-0.2, -0.15) is 0 Å². The molecule has 8 heteroatoms. The summed E-state index contributed by atoms with van der Waals surface area (Å²) in [7, 11) is 0. The van der Waals surface area contributed by atoms with E-state index in [9.17, 15) is 18.0 Å². The molecular weight excluding hydrogens is 335 g/mol. The Morgan fingerprint density at radius 2 is 1.76 bits per heavy atom. The van der Waals surface area contributed by atoms with Gasteiger partial charge in [0.2, 0.25) is 17.7 Å². The molecule has 1 amide bonds. The van der Waals surface area contributed by atoms with E-state index < -0.39 is 29.0 Å². The highest BCUT2D eigenvalue weighted by molar-refractivity contribution is 5.90. The zero-order valence-electron chi connectivity index (χ0n) is 12.8. The van der Waals surface area contributed by atoms with Crippen LogP contribution in [0.4, 0.5) is 18.9 Å². The molecule has 2 aromatic carbocycles. The minimum absolute atomic E-state index is 0.0884. The van der Waals surface area contributed by atoms with E-state index >= 15 is 0 Å². The molecule has 1 aromatic heterocycles. The van der Waals surface area contributed by atoms with Crippen LogP contribution in [0, 0.1) is 17.5 Å². The van der Waals surface area contributed by atoms with Crippen LogP contribution in [0.1, 0.15) is 12.3 Å². The predicted molar refractivity (Wildman–Crippen MR) is 83.0 cm³/mol. The minimum atomic E-state index is -1.64. The normalized spacial score (nSPS) is 10.7. The highest BCUT2D eigenvalue weighted by Crippen LogP contribution is 2.20. The average Bonchev–Trinajstić information content (AvgIpc) is 3.10. The molecule has 1 heterocycles. The van der Waals surface area contributed by atoms with Crippen LogP contribution >= 0.6 is 0 Å². The summed E-state index contributed by atoms with van der Waals surface area (Å²) in [6, 6.07) is 10.8. The molecule has 3 rings (SSSR count). The van der Waals surface area contributed by atoms with Crippen LogP contribution in [-0.4, -0.2) is 16.1 Å². The maximum absolute atomic E-state index is 13.5. The van der Waals surface area contributed by atoms with Crippen molar-refractivity contribution in [2.45, 2.75) is 12.8 Å². The summed E-state index contributed by atoms with van der Waals surface area (Å²) >= 11 is 0. The fraction of sp³-hybridized carbons (Fsp3) is 0.118. The van der Waals surface area contributed by atoms with Crippen molar-refractivity contribution in [1.82, 2.24) is 10.2 Å². The lowest BCUT2D eigenvalue weighted by Crippen LogP contribution is -2.14. The third-order valence-corrected chi connectivity index (χ3v) is 3.36. The molecule has 0 atom stereocenters. The number of hydrogen-bond acceptors (Lipinski definition) is 4. The fourth-order valence-electron chi connectivity index (χ4n) is 2.11. The molecule has 0 aliphatic rings. The summed E-state index contributed by atoms with van der Waals surface area (Å²) in [6.45, 7) is 0. The molecule has 0 spiro atoms. The van der Waals surface area contributed by atoms with Gasteiger partial charge in [0.25, 0.3) is 0 Å². The van der Waals surface area contributed by atoms with Gasteiger partial charge in [0.15, 0.2) is 17.5 Å². The molecule has 0 bridgehead atoms. The van der Waals surface area contributed by atoms with E-state index in [1.165, 1.54) is 0 Å². The number of nitrogens with zero attached hydrogens (tertiary/aromatic N) is 2. The Morgan fingerprint density at radius 1 is 1.00 bits per heavy atom. The molecule has 1 N–H and O–H groups in total. The second-order valence-electron chi connectivity index (χ2n) is 5.14. The van der Waals surface area contributed by atoms with E-state index in [4.69, 9.17) is 4.42 Å².